The SMILES string of the molecule is Nc1ncc(Cl)cc1S(=O)(=O)C(F)(F)F. The molecule has 0 bridgehead atoms. The van der Waals surface area contributed by atoms with Crippen LogP contribution in [0.4, 0.5) is 19.0 Å². The fourth-order valence-corrected chi connectivity index (χ4v) is 1.85. The Bertz CT molecular complexity index is 486. The molecule has 1 aromatic rings. The van der Waals surface area contributed by atoms with Gasteiger partial charge >= 0.3 is 5.51 Å². The average Bonchev–Trinajstić information content (AvgIpc) is 2.07. The highest BCUT2D eigenvalue weighted by Crippen LogP contribution is 2.33. The molecule has 0 fully saturated rings. The second-order valence-electron chi connectivity index (χ2n) is 2.49. The number of anilines is 1. The minimum atomic E-state index is -5.50. The number of alkyl halides is 3. The number of sulfone groups is 1. The van der Waals surface area contributed by atoms with E-state index >= 15 is 0 Å². The summed E-state index contributed by atoms with van der Waals surface area (Å²) in [5.74, 6) is -0.739. The van der Waals surface area contributed by atoms with Gasteiger partial charge in [0.2, 0.25) is 0 Å². The van der Waals surface area contributed by atoms with Gasteiger partial charge in [0.25, 0.3) is 9.84 Å². The Morgan fingerprint density at radius 1 is 1.40 bits per heavy atom. The molecule has 1 rings (SSSR count). The summed E-state index contributed by atoms with van der Waals surface area (Å²) < 4.78 is 58.2. The molecular weight excluding hydrogens is 257 g/mol. The Kier molecular flexibility index (Phi) is 2.83. The van der Waals surface area contributed by atoms with E-state index in [-0.39, 0.29) is 5.02 Å². The second kappa shape index (κ2) is 3.53. The van der Waals surface area contributed by atoms with Crippen LogP contribution in [0.15, 0.2) is 17.2 Å². The number of pyridine rings is 1. The first-order chi connectivity index (χ1) is 6.66. The molecule has 0 saturated heterocycles. The van der Waals surface area contributed by atoms with Gasteiger partial charge in [0, 0.05) is 6.20 Å². The number of hydrogen-bond acceptors (Lipinski definition) is 4. The second-order valence-corrected chi connectivity index (χ2v) is 4.83. The van der Waals surface area contributed by atoms with Crippen LogP contribution in [-0.2, 0) is 9.84 Å². The van der Waals surface area contributed by atoms with Crippen LogP contribution in [0.1, 0.15) is 0 Å². The lowest BCUT2D eigenvalue weighted by Gasteiger charge is -2.09. The Morgan fingerprint density at radius 2 is 1.93 bits per heavy atom. The predicted molar refractivity (Wildman–Crippen MR) is 46.9 cm³/mol. The fourth-order valence-electron chi connectivity index (χ4n) is 0.771. The molecule has 0 saturated carbocycles. The number of rotatable bonds is 1. The lowest BCUT2D eigenvalue weighted by molar-refractivity contribution is -0.0435. The first-order valence-electron chi connectivity index (χ1n) is 3.38. The van der Waals surface area contributed by atoms with Gasteiger partial charge in [0.05, 0.1) is 5.02 Å². The summed E-state index contributed by atoms with van der Waals surface area (Å²) in [6.07, 6.45) is 0.951. The number of nitrogen functional groups attached to an aromatic ring is 1. The number of hydrogen-bond donors (Lipinski definition) is 1. The summed E-state index contributed by atoms with van der Waals surface area (Å²) in [7, 11) is -5.50. The molecule has 0 aromatic carbocycles. The molecule has 0 aliphatic carbocycles. The van der Waals surface area contributed by atoms with Gasteiger partial charge in [-0.05, 0) is 6.07 Å². The maximum Gasteiger partial charge on any atom is 0.502 e. The molecular formula is C6H4ClF3N2O2S. The van der Waals surface area contributed by atoms with Crippen molar-refractivity contribution in [3.8, 4) is 0 Å². The van der Waals surface area contributed by atoms with Crippen molar-refractivity contribution in [2.24, 2.45) is 0 Å². The number of aromatic nitrogens is 1. The van der Waals surface area contributed by atoms with Gasteiger partial charge in [-0.1, -0.05) is 11.6 Å². The van der Waals surface area contributed by atoms with Gasteiger partial charge in [-0.3, -0.25) is 0 Å². The van der Waals surface area contributed by atoms with Gasteiger partial charge in [-0.2, -0.15) is 13.2 Å². The molecule has 0 unspecified atom stereocenters. The highest BCUT2D eigenvalue weighted by molar-refractivity contribution is 7.92. The first-order valence-corrected chi connectivity index (χ1v) is 5.25. The monoisotopic (exact) mass is 260 g/mol. The minimum Gasteiger partial charge on any atom is -0.383 e. The molecule has 9 heteroatoms. The van der Waals surface area contributed by atoms with Crippen molar-refractivity contribution >= 4 is 27.3 Å². The van der Waals surface area contributed by atoms with Crippen molar-refractivity contribution in [3.63, 3.8) is 0 Å². The van der Waals surface area contributed by atoms with Crippen molar-refractivity contribution in [1.82, 2.24) is 4.98 Å². The summed E-state index contributed by atoms with van der Waals surface area (Å²) in [5.41, 5.74) is -0.400. The van der Waals surface area contributed by atoms with Crippen molar-refractivity contribution in [2.45, 2.75) is 10.4 Å². The molecule has 4 nitrogen and oxygen atoms in total. The minimum absolute atomic E-state index is 0.243. The number of nitrogens with zero attached hydrogens (tertiary/aromatic N) is 1. The standard InChI is InChI=1S/C6H4ClF3N2O2S/c7-3-1-4(5(11)12-2-3)15(13,14)6(8,9)10/h1-2H,(H2,11,12). The molecule has 1 heterocycles. The topological polar surface area (TPSA) is 73.0 Å². The lowest BCUT2D eigenvalue weighted by atomic mass is 10.5. The molecule has 0 radical (unpaired) electrons. The fraction of sp³-hybridized carbons (Fsp3) is 0.167. The summed E-state index contributed by atoms with van der Waals surface area (Å²) in [6.45, 7) is 0. The Morgan fingerprint density at radius 3 is 2.40 bits per heavy atom. The van der Waals surface area contributed by atoms with Crippen LogP contribution in [0.25, 0.3) is 0 Å². The van der Waals surface area contributed by atoms with E-state index in [0.29, 0.717) is 6.07 Å². The Labute approximate surface area is 87.8 Å². The van der Waals surface area contributed by atoms with Crippen LogP contribution in [-0.4, -0.2) is 18.9 Å². The normalized spacial score (nSPS) is 12.8. The third kappa shape index (κ3) is 2.15. The smallest absolute Gasteiger partial charge is 0.383 e. The molecule has 0 amide bonds. The van der Waals surface area contributed by atoms with E-state index in [1.165, 1.54) is 0 Å². The molecule has 15 heavy (non-hydrogen) atoms. The third-order valence-electron chi connectivity index (χ3n) is 1.44. The third-order valence-corrected chi connectivity index (χ3v) is 3.16. The zero-order valence-corrected chi connectivity index (χ0v) is 8.49. The molecule has 2 N–H and O–H groups in total. The van der Waals surface area contributed by atoms with Crippen molar-refractivity contribution < 1.29 is 21.6 Å². The van der Waals surface area contributed by atoms with E-state index < -0.39 is 26.1 Å². The largest absolute Gasteiger partial charge is 0.502 e. The summed E-state index contributed by atoms with van der Waals surface area (Å²) in [6, 6.07) is 0.604. The molecule has 0 spiro atoms. The molecule has 1 aromatic heterocycles. The highest BCUT2D eigenvalue weighted by Gasteiger charge is 2.48. The van der Waals surface area contributed by atoms with Crippen molar-refractivity contribution in [2.75, 3.05) is 5.73 Å². The molecule has 0 aliphatic rings. The van der Waals surface area contributed by atoms with E-state index in [4.69, 9.17) is 17.3 Å². The zero-order chi connectivity index (χ0) is 11.9. The maximum atomic E-state index is 12.1. The van der Waals surface area contributed by atoms with Gasteiger partial charge in [-0.15, -0.1) is 0 Å². The van der Waals surface area contributed by atoms with Gasteiger partial charge in [-0.25, -0.2) is 13.4 Å². The Hall–Kier alpha value is -1.02. The van der Waals surface area contributed by atoms with Crippen LogP contribution in [0.5, 0.6) is 0 Å². The highest BCUT2D eigenvalue weighted by atomic mass is 35.5. The van der Waals surface area contributed by atoms with Crippen molar-refractivity contribution in [1.29, 1.82) is 0 Å². The van der Waals surface area contributed by atoms with E-state index in [1.807, 2.05) is 0 Å². The quantitative estimate of drug-likeness (QED) is 0.833. The lowest BCUT2D eigenvalue weighted by Crippen LogP contribution is -2.24. The zero-order valence-electron chi connectivity index (χ0n) is 6.92. The maximum absolute atomic E-state index is 12.1. The van der Waals surface area contributed by atoms with Gasteiger partial charge in [0.15, 0.2) is 0 Å². The van der Waals surface area contributed by atoms with E-state index in [1.54, 1.807) is 0 Å². The van der Waals surface area contributed by atoms with E-state index in [2.05, 4.69) is 4.98 Å². The molecule has 84 valence electrons. The average molecular weight is 261 g/mol. The summed E-state index contributed by atoms with van der Waals surface area (Å²) in [4.78, 5) is 2.09. The van der Waals surface area contributed by atoms with Crippen LogP contribution < -0.4 is 5.73 Å². The van der Waals surface area contributed by atoms with E-state index in [9.17, 15) is 21.6 Å². The first kappa shape index (κ1) is 12.1. The van der Waals surface area contributed by atoms with Gasteiger partial charge < -0.3 is 5.73 Å². The number of nitrogens with two attached hydrogens (primary N) is 1. The van der Waals surface area contributed by atoms with Crippen molar-refractivity contribution in [3.05, 3.63) is 17.3 Å². The van der Waals surface area contributed by atoms with E-state index in [0.717, 1.165) is 6.20 Å². The van der Waals surface area contributed by atoms with Crippen LogP contribution in [0, 0.1) is 0 Å². The summed E-state index contributed by atoms with van der Waals surface area (Å²) >= 11 is 5.32. The molecule has 0 atom stereocenters. The Balaban J connectivity index is 3.47. The summed E-state index contributed by atoms with van der Waals surface area (Å²) in [5, 5.41) is -0.243. The van der Waals surface area contributed by atoms with Crippen LogP contribution >= 0.6 is 11.6 Å². The van der Waals surface area contributed by atoms with Crippen LogP contribution in [0.3, 0.4) is 0 Å². The molecule has 0 aliphatic heterocycles. The number of halogens is 4. The van der Waals surface area contributed by atoms with Crippen LogP contribution in [0.2, 0.25) is 5.02 Å². The van der Waals surface area contributed by atoms with Gasteiger partial charge in [0.1, 0.15) is 10.7 Å². The predicted octanol–water partition coefficient (Wildman–Crippen LogP) is 1.61.